The van der Waals surface area contributed by atoms with Crippen molar-refractivity contribution < 1.29 is 45.5 Å². The Morgan fingerprint density at radius 2 is 1.02 bits per heavy atom. The molecule has 22 heteroatoms. The summed E-state index contributed by atoms with van der Waals surface area (Å²) >= 11 is 0. The number of rotatable bonds is 20. The minimum absolute atomic E-state index is 0.182. The molecule has 0 amide bonds. The van der Waals surface area contributed by atoms with Crippen LogP contribution in [0.5, 0.6) is 0 Å². The van der Waals surface area contributed by atoms with Gasteiger partial charge in [-0.05, 0) is 27.7 Å². The van der Waals surface area contributed by atoms with Gasteiger partial charge in [0.05, 0.1) is 51.0 Å². The van der Waals surface area contributed by atoms with Crippen molar-refractivity contribution in [3.63, 3.8) is 0 Å². The van der Waals surface area contributed by atoms with Crippen LogP contribution in [0.3, 0.4) is 0 Å². The summed E-state index contributed by atoms with van der Waals surface area (Å²) in [5.41, 5.74) is 13.6. The van der Waals surface area contributed by atoms with Crippen molar-refractivity contribution in [1.29, 1.82) is 0 Å². The van der Waals surface area contributed by atoms with E-state index in [9.17, 15) is 17.9 Å². The molecular weight excluding hydrogens is 680 g/mol. The molecule has 4 rings (SSSR count). The first-order chi connectivity index (χ1) is 23.1. The van der Waals surface area contributed by atoms with Gasteiger partial charge in [-0.25, -0.2) is 28.7 Å². The summed E-state index contributed by atoms with van der Waals surface area (Å²) in [5, 5.41) is 8.12. The maximum atomic E-state index is 13.3. The molecule has 0 fully saturated rings. The number of fused-ring (bicyclic) bond motifs is 2. The van der Waals surface area contributed by atoms with Crippen LogP contribution >= 0.6 is 15.2 Å². The van der Waals surface area contributed by atoms with Crippen LogP contribution < -0.4 is 11.5 Å². The minimum atomic E-state index is -3.39. The molecule has 0 aliphatic carbocycles. The Balaban J connectivity index is 0.000000260. The Morgan fingerprint density at radius 1 is 0.667 bits per heavy atom. The number of alkyl halides is 2. The summed E-state index contributed by atoms with van der Waals surface area (Å²) in [7, 11) is -6.78. The third kappa shape index (κ3) is 10.9. The van der Waals surface area contributed by atoms with Crippen LogP contribution in [-0.2, 0) is 49.5 Å². The Hall–Kier alpha value is -3.22. The van der Waals surface area contributed by atoms with E-state index in [1.54, 1.807) is 27.7 Å². The molecule has 4 aromatic heterocycles. The molecule has 0 radical (unpaired) electrons. The highest BCUT2D eigenvalue weighted by Gasteiger charge is 2.28. The second-order valence-corrected chi connectivity index (χ2v) is 13.7. The normalized spacial score (nSPS) is 13.5. The van der Waals surface area contributed by atoms with E-state index in [1.807, 2.05) is 0 Å². The average molecular weight is 723 g/mol. The van der Waals surface area contributed by atoms with Crippen molar-refractivity contribution in [2.75, 3.05) is 63.9 Å². The third-order valence-corrected chi connectivity index (χ3v) is 9.82. The molecule has 0 saturated carbocycles. The predicted octanol–water partition coefficient (Wildman–Crippen LogP) is 3.65. The van der Waals surface area contributed by atoms with Gasteiger partial charge in [-0.15, -0.1) is 0 Å². The highest BCUT2D eigenvalue weighted by atomic mass is 31.2. The Bertz CT molecular complexity index is 1530. The summed E-state index contributed by atoms with van der Waals surface area (Å²) in [6, 6.07) is 0. The van der Waals surface area contributed by atoms with E-state index in [0.29, 0.717) is 22.4 Å². The predicted molar refractivity (Wildman–Crippen MR) is 171 cm³/mol. The van der Waals surface area contributed by atoms with Gasteiger partial charge < -0.3 is 39.0 Å². The molecule has 0 spiro atoms. The molecule has 0 unspecified atom stereocenters. The second kappa shape index (κ2) is 19.1. The number of ether oxygens (including phenoxy) is 2. The van der Waals surface area contributed by atoms with Crippen molar-refractivity contribution in [3.8, 4) is 0 Å². The Morgan fingerprint density at radius 3 is 1.33 bits per heavy atom. The van der Waals surface area contributed by atoms with Gasteiger partial charge in [0.1, 0.15) is 38.7 Å². The maximum absolute atomic E-state index is 13.3. The number of hydrogen-bond acceptors (Lipinski definition) is 16. The molecule has 0 bridgehead atoms. The number of nitrogens with two attached hydrogens (primary N) is 2. The van der Waals surface area contributed by atoms with E-state index in [2.05, 4.69) is 30.1 Å². The first-order valence-corrected chi connectivity index (χ1v) is 18.5. The van der Waals surface area contributed by atoms with Crippen molar-refractivity contribution in [2.24, 2.45) is 0 Å². The van der Waals surface area contributed by atoms with Gasteiger partial charge in [0.25, 0.3) is 0 Å². The van der Waals surface area contributed by atoms with E-state index in [0.717, 1.165) is 0 Å². The number of halogens is 2. The summed E-state index contributed by atoms with van der Waals surface area (Å²) in [5.74, 6) is 0.363. The van der Waals surface area contributed by atoms with E-state index in [1.165, 1.54) is 34.1 Å². The lowest BCUT2D eigenvalue weighted by molar-refractivity contribution is 0.0494. The number of anilines is 2. The highest BCUT2D eigenvalue weighted by molar-refractivity contribution is 7.53. The van der Waals surface area contributed by atoms with E-state index >= 15 is 0 Å². The van der Waals surface area contributed by atoms with E-state index < -0.39 is 40.7 Å². The number of hydrogen-bond donors (Lipinski definition) is 2. The molecular formula is C26H42F2N10O8P2. The summed E-state index contributed by atoms with van der Waals surface area (Å²) in [6.45, 7) is 6.10. The van der Waals surface area contributed by atoms with Crippen molar-refractivity contribution in [2.45, 2.75) is 52.7 Å². The lowest BCUT2D eigenvalue weighted by Crippen LogP contribution is -2.20. The van der Waals surface area contributed by atoms with Gasteiger partial charge >= 0.3 is 15.2 Å². The number of nitrogen functional groups attached to an aromatic ring is 2. The van der Waals surface area contributed by atoms with Crippen LogP contribution in [0.4, 0.5) is 20.7 Å². The highest BCUT2D eigenvalue weighted by Crippen LogP contribution is 2.49. The summed E-state index contributed by atoms with van der Waals surface area (Å²) < 4.78 is 85.3. The lowest BCUT2D eigenvalue weighted by atomic mass is 10.1. The fourth-order valence-corrected chi connectivity index (χ4v) is 7.06. The third-order valence-electron chi connectivity index (χ3n) is 6.29. The zero-order valence-corrected chi connectivity index (χ0v) is 29.0. The fourth-order valence-electron chi connectivity index (χ4n) is 4.26. The lowest BCUT2D eigenvalue weighted by Gasteiger charge is -2.20. The Kier molecular flexibility index (Phi) is 15.6. The maximum Gasteiger partial charge on any atom is 0.356 e. The van der Waals surface area contributed by atoms with E-state index in [4.69, 9.17) is 39.0 Å². The quantitative estimate of drug-likeness (QED) is 0.124. The van der Waals surface area contributed by atoms with Gasteiger partial charge in [0.15, 0.2) is 11.3 Å². The zero-order valence-electron chi connectivity index (χ0n) is 27.2. The molecule has 0 aliphatic heterocycles. The SMILES string of the molecule is CCOP(=O)(CO[C@@H](CF)Cc1cnn2c(N)ncnc12)OCC.CCOP(=O)(CO[C@H](CF)Cc1cnn2c(N)ncnc12)OCC. The van der Waals surface area contributed by atoms with Crippen molar-refractivity contribution >= 4 is 38.4 Å². The van der Waals surface area contributed by atoms with Crippen molar-refractivity contribution in [1.82, 2.24) is 39.2 Å². The molecule has 0 saturated heterocycles. The van der Waals surface area contributed by atoms with Crippen LogP contribution in [0.1, 0.15) is 38.8 Å². The smallest absolute Gasteiger partial charge is 0.356 e. The molecule has 4 N–H and O–H groups in total. The monoisotopic (exact) mass is 722 g/mol. The molecule has 2 atom stereocenters. The van der Waals surface area contributed by atoms with Crippen LogP contribution in [0.15, 0.2) is 25.0 Å². The van der Waals surface area contributed by atoms with Gasteiger partial charge in [-0.1, -0.05) is 0 Å². The fraction of sp³-hybridized carbons (Fsp3) is 0.615. The largest absolute Gasteiger partial charge is 0.368 e. The first kappa shape index (κ1) is 39.2. The molecule has 0 aliphatic rings. The average Bonchev–Trinajstić information content (AvgIpc) is 3.67. The van der Waals surface area contributed by atoms with Crippen molar-refractivity contribution in [3.05, 3.63) is 36.2 Å². The van der Waals surface area contributed by atoms with Crippen LogP contribution in [0.25, 0.3) is 11.3 Å². The molecule has 4 heterocycles. The number of nitrogens with zero attached hydrogens (tertiary/aromatic N) is 8. The standard InChI is InChI=1S/2C13H21FN5O4P/c2*1-3-22-24(20,23-4-2)9-21-11(6-14)5-10-7-18-19-12(10)16-8-17-13(19)15/h2*7-8,11H,3-6,9H2,1-2H3,(H2,15,16,17)/t2*11-/m10/s1. The Labute approximate surface area is 275 Å². The van der Waals surface area contributed by atoms with Crippen LogP contribution in [0.2, 0.25) is 0 Å². The zero-order chi connectivity index (χ0) is 35.2. The van der Waals surface area contributed by atoms with Gasteiger partial charge in [0.2, 0.25) is 11.9 Å². The van der Waals surface area contributed by atoms with E-state index in [-0.39, 0.29) is 63.9 Å². The van der Waals surface area contributed by atoms with Crippen LogP contribution in [0, 0.1) is 0 Å². The van der Waals surface area contributed by atoms with Gasteiger partial charge in [0, 0.05) is 24.0 Å². The minimum Gasteiger partial charge on any atom is -0.368 e. The molecule has 4 aromatic rings. The molecule has 48 heavy (non-hydrogen) atoms. The van der Waals surface area contributed by atoms with Gasteiger partial charge in [-0.2, -0.15) is 19.2 Å². The summed E-state index contributed by atoms with van der Waals surface area (Å²) in [4.78, 5) is 15.8. The summed E-state index contributed by atoms with van der Waals surface area (Å²) in [6.07, 6.45) is 3.74. The van der Waals surface area contributed by atoms with Crippen LogP contribution in [-0.4, -0.2) is 104 Å². The number of aromatic nitrogens is 8. The molecule has 0 aromatic carbocycles. The topological polar surface area (TPSA) is 228 Å². The van der Waals surface area contributed by atoms with Gasteiger partial charge in [-0.3, -0.25) is 9.13 Å². The first-order valence-electron chi connectivity index (χ1n) is 15.0. The molecule has 268 valence electrons. The molecule has 18 nitrogen and oxygen atoms in total. The second-order valence-electron chi connectivity index (χ2n) is 9.72.